The van der Waals surface area contributed by atoms with Gasteiger partial charge in [0.2, 0.25) is 10.0 Å². The van der Waals surface area contributed by atoms with Crippen LogP contribution in [0.25, 0.3) is 0 Å². The number of ether oxygens (including phenoxy) is 1. The summed E-state index contributed by atoms with van der Waals surface area (Å²) in [5.74, 6) is -0.346. The van der Waals surface area contributed by atoms with E-state index in [-0.39, 0.29) is 22.9 Å². The molecule has 0 spiro atoms. The van der Waals surface area contributed by atoms with Crippen molar-refractivity contribution >= 4 is 49.7 Å². The molecule has 0 radical (unpaired) electrons. The fraction of sp³-hybridized carbons (Fsp3) is 0.167. The number of hydrogen-bond donors (Lipinski definition) is 2. The monoisotopic (exact) mass is 579 g/mol. The van der Waals surface area contributed by atoms with Gasteiger partial charge in [0.25, 0.3) is 5.91 Å². The average Bonchev–Trinajstić information content (AvgIpc) is 2.82. The Labute approximate surface area is 217 Å². The van der Waals surface area contributed by atoms with Crippen LogP contribution in [0.5, 0.6) is 11.5 Å². The van der Waals surface area contributed by atoms with Crippen LogP contribution < -0.4 is 10.2 Å². The van der Waals surface area contributed by atoms with Gasteiger partial charge in [-0.15, -0.1) is 0 Å². The number of halogens is 2. The van der Waals surface area contributed by atoms with Gasteiger partial charge in [0.15, 0.2) is 11.5 Å². The van der Waals surface area contributed by atoms with Crippen LogP contribution in [0.15, 0.2) is 81.2 Å². The topological polar surface area (TPSA) is 108 Å². The average molecular weight is 581 g/mol. The number of phenols is 1. The molecule has 0 saturated heterocycles. The lowest BCUT2D eigenvalue weighted by atomic mass is 10.2. The van der Waals surface area contributed by atoms with Gasteiger partial charge in [-0.1, -0.05) is 39.7 Å². The van der Waals surface area contributed by atoms with Gasteiger partial charge in [0.05, 0.1) is 24.3 Å². The predicted octanol–water partition coefficient (Wildman–Crippen LogP) is 4.55. The van der Waals surface area contributed by atoms with Crippen molar-refractivity contribution < 1.29 is 23.1 Å². The highest BCUT2D eigenvalue weighted by atomic mass is 79.9. The summed E-state index contributed by atoms with van der Waals surface area (Å²) in [6.45, 7) is 1.68. The van der Waals surface area contributed by atoms with Crippen molar-refractivity contribution in [2.75, 3.05) is 13.2 Å². The second-order valence-electron chi connectivity index (χ2n) is 7.31. The van der Waals surface area contributed by atoms with Gasteiger partial charge >= 0.3 is 0 Å². The number of rotatable bonds is 10. The number of benzene rings is 3. The van der Waals surface area contributed by atoms with Crippen molar-refractivity contribution in [3.63, 3.8) is 0 Å². The molecule has 0 fully saturated rings. The second-order valence-corrected chi connectivity index (χ2v) is 10.6. The minimum absolute atomic E-state index is 0.0102. The molecule has 0 atom stereocenters. The van der Waals surface area contributed by atoms with Crippen molar-refractivity contribution in [2.24, 2.45) is 5.10 Å². The van der Waals surface area contributed by atoms with Crippen LogP contribution in [0.1, 0.15) is 18.1 Å². The van der Waals surface area contributed by atoms with Gasteiger partial charge in [-0.3, -0.25) is 4.79 Å². The normalized spacial score (nSPS) is 11.7. The molecule has 3 aromatic rings. The van der Waals surface area contributed by atoms with Crippen molar-refractivity contribution in [1.82, 2.24) is 9.73 Å². The minimum Gasteiger partial charge on any atom is -0.504 e. The van der Waals surface area contributed by atoms with E-state index in [1.165, 1.54) is 36.5 Å². The zero-order valence-corrected chi connectivity index (χ0v) is 21.8. The molecule has 2 N–H and O–H groups in total. The third-order valence-electron chi connectivity index (χ3n) is 4.73. The Morgan fingerprint density at radius 3 is 2.49 bits per heavy atom. The number of nitrogens with zero attached hydrogens (tertiary/aromatic N) is 2. The van der Waals surface area contributed by atoms with Gasteiger partial charge in [-0.25, -0.2) is 13.8 Å². The van der Waals surface area contributed by atoms with Gasteiger partial charge in [-0.05, 0) is 72.6 Å². The summed E-state index contributed by atoms with van der Waals surface area (Å²) in [6, 6.07) is 17.5. The molecule has 0 heterocycles. The molecule has 0 aliphatic rings. The maximum atomic E-state index is 13.3. The molecular weight excluding hydrogens is 558 g/mol. The molecular formula is C24H23BrClN3O5S. The molecule has 184 valence electrons. The number of phenolic OH excluding ortho intramolecular Hbond substituents is 1. The molecule has 0 aliphatic heterocycles. The van der Waals surface area contributed by atoms with Crippen molar-refractivity contribution in [3.05, 3.63) is 87.4 Å². The van der Waals surface area contributed by atoms with Crippen LogP contribution in [0, 0.1) is 0 Å². The van der Waals surface area contributed by atoms with Crippen LogP contribution in [0.3, 0.4) is 0 Å². The van der Waals surface area contributed by atoms with Gasteiger partial charge in [0.1, 0.15) is 0 Å². The van der Waals surface area contributed by atoms with E-state index in [9.17, 15) is 18.3 Å². The highest BCUT2D eigenvalue weighted by Gasteiger charge is 2.27. The summed E-state index contributed by atoms with van der Waals surface area (Å²) in [4.78, 5) is 12.6. The number of hydrogen-bond acceptors (Lipinski definition) is 6. The van der Waals surface area contributed by atoms with Crippen molar-refractivity contribution in [3.8, 4) is 11.5 Å². The van der Waals surface area contributed by atoms with E-state index in [2.05, 4.69) is 26.5 Å². The molecule has 3 aromatic carbocycles. The van der Waals surface area contributed by atoms with E-state index in [0.717, 1.165) is 8.78 Å². The first-order chi connectivity index (χ1) is 16.7. The number of hydrazone groups is 1. The Bertz CT molecular complexity index is 1300. The Hall–Kier alpha value is -2.92. The number of carbonyl (C=O) groups is 1. The standard InChI is InChI=1S/C24H23BrClN3O5S/c1-2-34-23-13-18(5-12-22(23)30)14-27-28-24(31)16-29(15-17-3-6-19(25)7-4-17)35(32,33)21-10-8-20(26)9-11-21/h3-14,30H,2,15-16H2,1H3,(H,28,31)/b27-14-. The largest absolute Gasteiger partial charge is 0.504 e. The third kappa shape index (κ3) is 7.53. The Morgan fingerprint density at radius 1 is 1.14 bits per heavy atom. The van der Waals surface area contributed by atoms with E-state index in [4.69, 9.17) is 16.3 Å². The van der Waals surface area contributed by atoms with Crippen LogP contribution in [-0.2, 0) is 21.4 Å². The Balaban J connectivity index is 1.77. The van der Waals surface area contributed by atoms with E-state index < -0.39 is 22.5 Å². The number of sulfonamides is 1. The van der Waals surface area contributed by atoms with Crippen LogP contribution in [0.2, 0.25) is 5.02 Å². The van der Waals surface area contributed by atoms with Crippen LogP contribution >= 0.6 is 27.5 Å². The number of amides is 1. The maximum Gasteiger partial charge on any atom is 0.255 e. The lowest BCUT2D eigenvalue weighted by Gasteiger charge is -2.21. The highest BCUT2D eigenvalue weighted by Crippen LogP contribution is 2.26. The summed E-state index contributed by atoms with van der Waals surface area (Å²) < 4.78 is 33.8. The minimum atomic E-state index is -4.01. The first-order valence-corrected chi connectivity index (χ1v) is 13.1. The zero-order chi connectivity index (χ0) is 25.4. The summed E-state index contributed by atoms with van der Waals surface area (Å²) >= 11 is 9.25. The zero-order valence-electron chi connectivity index (χ0n) is 18.7. The van der Waals surface area contributed by atoms with Crippen LogP contribution in [-0.4, -0.2) is 43.1 Å². The summed E-state index contributed by atoms with van der Waals surface area (Å²) in [5.41, 5.74) is 3.63. The third-order valence-corrected chi connectivity index (χ3v) is 7.32. The lowest BCUT2D eigenvalue weighted by Crippen LogP contribution is -2.39. The van der Waals surface area contributed by atoms with E-state index in [0.29, 0.717) is 22.8 Å². The summed E-state index contributed by atoms with van der Waals surface area (Å²) in [5, 5.41) is 14.1. The molecule has 8 nitrogen and oxygen atoms in total. The molecule has 1 amide bonds. The van der Waals surface area contributed by atoms with E-state index in [1.54, 1.807) is 43.3 Å². The Morgan fingerprint density at radius 2 is 1.83 bits per heavy atom. The molecule has 35 heavy (non-hydrogen) atoms. The van der Waals surface area contributed by atoms with Crippen molar-refractivity contribution in [1.29, 1.82) is 0 Å². The predicted molar refractivity (Wildman–Crippen MR) is 138 cm³/mol. The second kappa shape index (κ2) is 12.2. The lowest BCUT2D eigenvalue weighted by molar-refractivity contribution is -0.121. The number of carbonyl (C=O) groups excluding carboxylic acids is 1. The fourth-order valence-corrected chi connectivity index (χ4v) is 4.81. The van der Waals surface area contributed by atoms with E-state index in [1.807, 2.05) is 0 Å². The number of nitrogens with one attached hydrogen (secondary N) is 1. The molecule has 0 saturated carbocycles. The van der Waals surface area contributed by atoms with Crippen molar-refractivity contribution in [2.45, 2.75) is 18.4 Å². The quantitative estimate of drug-likeness (QED) is 0.270. The molecule has 0 aromatic heterocycles. The van der Waals surface area contributed by atoms with E-state index >= 15 is 0 Å². The van der Waals surface area contributed by atoms with Crippen LogP contribution in [0.4, 0.5) is 0 Å². The number of aromatic hydroxyl groups is 1. The first kappa shape index (κ1) is 26.7. The maximum absolute atomic E-state index is 13.3. The summed E-state index contributed by atoms with van der Waals surface area (Å²) in [7, 11) is -4.01. The Kier molecular flexibility index (Phi) is 9.27. The van der Waals surface area contributed by atoms with Gasteiger partial charge < -0.3 is 9.84 Å². The molecule has 0 bridgehead atoms. The summed E-state index contributed by atoms with van der Waals surface area (Å²) in [6.07, 6.45) is 1.37. The van der Waals surface area contributed by atoms with Gasteiger partial charge in [-0.2, -0.15) is 9.41 Å². The molecule has 0 aliphatic carbocycles. The molecule has 3 rings (SSSR count). The van der Waals surface area contributed by atoms with Gasteiger partial charge in [0, 0.05) is 16.0 Å². The first-order valence-electron chi connectivity index (χ1n) is 10.5. The fourth-order valence-electron chi connectivity index (χ4n) is 3.03. The molecule has 0 unspecified atom stereocenters. The highest BCUT2D eigenvalue weighted by molar-refractivity contribution is 9.10. The smallest absolute Gasteiger partial charge is 0.255 e. The SMILES string of the molecule is CCOc1cc(/C=N\NC(=O)CN(Cc2ccc(Br)cc2)S(=O)(=O)c2ccc(Cl)cc2)ccc1O. The molecule has 11 heteroatoms.